The third-order valence-corrected chi connectivity index (χ3v) is 0.980. The highest BCUT2D eigenvalue weighted by molar-refractivity contribution is 5.79. The Bertz CT molecular complexity index is 188. The average molecular weight is 139 g/mol. The van der Waals surface area contributed by atoms with Crippen LogP contribution in [0.5, 0.6) is 0 Å². The highest BCUT2D eigenvalue weighted by atomic mass is 16.5. The van der Waals surface area contributed by atoms with E-state index in [1.165, 1.54) is 13.8 Å². The van der Waals surface area contributed by atoms with Gasteiger partial charge in [0.05, 0.1) is 12.3 Å². The number of hydrogen-bond acceptors (Lipinski definition) is 3. The molecule has 54 valence electrons. The number of nitrogens with zero attached hydrogens (tertiary/aromatic N) is 1. The quantitative estimate of drug-likeness (QED) is 0.427. The van der Waals surface area contributed by atoms with Crippen molar-refractivity contribution in [2.75, 3.05) is 0 Å². The van der Waals surface area contributed by atoms with Gasteiger partial charge in [0.15, 0.2) is 0 Å². The summed E-state index contributed by atoms with van der Waals surface area (Å²) in [6.07, 6.45) is 1.02. The molecule has 0 spiro atoms. The van der Waals surface area contributed by atoms with Gasteiger partial charge in [-0.15, -0.1) is 0 Å². The van der Waals surface area contributed by atoms with Crippen molar-refractivity contribution >= 4 is 5.97 Å². The fourth-order valence-electron chi connectivity index (χ4n) is 0.269. The number of nitriles is 1. The monoisotopic (exact) mass is 139 g/mol. The second-order valence-electron chi connectivity index (χ2n) is 2.31. The molecule has 0 aliphatic rings. The SMILES string of the molecule is C=COC(=O)C(C)(C)C#N. The number of esters is 1. The number of ether oxygens (including phenoxy) is 1. The van der Waals surface area contributed by atoms with Gasteiger partial charge in [-0.25, -0.2) is 4.79 Å². The largest absolute Gasteiger partial charge is 0.434 e. The summed E-state index contributed by atoms with van der Waals surface area (Å²) in [4.78, 5) is 10.8. The first-order valence-corrected chi connectivity index (χ1v) is 2.78. The molecule has 0 aromatic rings. The normalized spacial score (nSPS) is 9.70. The fraction of sp³-hybridized carbons (Fsp3) is 0.429. The molecular weight excluding hydrogens is 130 g/mol. The molecule has 0 radical (unpaired) electrons. The molecule has 0 aromatic carbocycles. The van der Waals surface area contributed by atoms with Crippen LogP contribution in [0, 0.1) is 16.7 Å². The Hall–Kier alpha value is -1.30. The van der Waals surface area contributed by atoms with E-state index in [0.29, 0.717) is 0 Å². The summed E-state index contributed by atoms with van der Waals surface area (Å²) in [5.41, 5.74) is -1.08. The van der Waals surface area contributed by atoms with Crippen LogP contribution < -0.4 is 0 Å². The highest BCUT2D eigenvalue weighted by Crippen LogP contribution is 2.14. The second kappa shape index (κ2) is 3.02. The van der Waals surface area contributed by atoms with E-state index >= 15 is 0 Å². The maximum Gasteiger partial charge on any atom is 0.330 e. The van der Waals surface area contributed by atoms with E-state index in [0.717, 1.165) is 6.26 Å². The van der Waals surface area contributed by atoms with Crippen molar-refractivity contribution in [2.45, 2.75) is 13.8 Å². The standard InChI is InChI=1S/C7H9NO2/c1-4-10-6(9)7(2,3)5-8/h4H,1H2,2-3H3. The minimum Gasteiger partial charge on any atom is -0.434 e. The Labute approximate surface area is 59.9 Å². The van der Waals surface area contributed by atoms with E-state index in [9.17, 15) is 4.79 Å². The molecule has 0 aliphatic carbocycles. The average Bonchev–Trinajstić information content (AvgIpc) is 1.89. The van der Waals surface area contributed by atoms with Crippen LogP contribution in [-0.4, -0.2) is 5.97 Å². The minimum atomic E-state index is -1.08. The molecule has 0 saturated carbocycles. The molecule has 0 N–H and O–H groups in total. The molecule has 0 bridgehead atoms. The predicted octanol–water partition coefficient (Wildman–Crippen LogP) is 1.22. The summed E-state index contributed by atoms with van der Waals surface area (Å²) >= 11 is 0. The lowest BCUT2D eigenvalue weighted by molar-refractivity contribution is -0.144. The summed E-state index contributed by atoms with van der Waals surface area (Å²) < 4.78 is 4.40. The molecule has 0 atom stereocenters. The van der Waals surface area contributed by atoms with Crippen LogP contribution in [0.1, 0.15) is 13.8 Å². The van der Waals surface area contributed by atoms with E-state index < -0.39 is 11.4 Å². The first-order valence-electron chi connectivity index (χ1n) is 2.78. The van der Waals surface area contributed by atoms with Crippen molar-refractivity contribution in [3.63, 3.8) is 0 Å². The lowest BCUT2D eigenvalue weighted by atomic mass is 9.97. The van der Waals surface area contributed by atoms with Gasteiger partial charge in [-0.2, -0.15) is 5.26 Å². The fourth-order valence-corrected chi connectivity index (χ4v) is 0.269. The van der Waals surface area contributed by atoms with Gasteiger partial charge in [-0.05, 0) is 13.8 Å². The molecule has 3 nitrogen and oxygen atoms in total. The Kier molecular flexibility index (Phi) is 2.63. The lowest BCUT2D eigenvalue weighted by Crippen LogP contribution is -2.22. The van der Waals surface area contributed by atoms with Crippen LogP contribution in [0.4, 0.5) is 0 Å². The molecule has 0 aliphatic heterocycles. The summed E-state index contributed by atoms with van der Waals surface area (Å²) in [5, 5.41) is 8.41. The summed E-state index contributed by atoms with van der Waals surface area (Å²) in [7, 11) is 0. The zero-order chi connectivity index (χ0) is 8.20. The van der Waals surface area contributed by atoms with Gasteiger partial charge in [0, 0.05) is 0 Å². The van der Waals surface area contributed by atoms with Gasteiger partial charge in [-0.3, -0.25) is 0 Å². The molecule has 0 heterocycles. The van der Waals surface area contributed by atoms with Gasteiger partial charge in [0.25, 0.3) is 0 Å². The molecule has 10 heavy (non-hydrogen) atoms. The number of carbonyl (C=O) groups excluding carboxylic acids is 1. The van der Waals surface area contributed by atoms with E-state index in [2.05, 4.69) is 11.3 Å². The topological polar surface area (TPSA) is 50.1 Å². The van der Waals surface area contributed by atoms with Gasteiger partial charge in [0.2, 0.25) is 0 Å². The molecule has 0 fully saturated rings. The molecule has 0 aromatic heterocycles. The Morgan fingerprint density at radius 3 is 2.60 bits per heavy atom. The van der Waals surface area contributed by atoms with Crippen molar-refractivity contribution in [1.29, 1.82) is 5.26 Å². The molecular formula is C7H9NO2. The summed E-state index contributed by atoms with van der Waals surface area (Å²) in [6, 6.07) is 1.80. The maximum atomic E-state index is 10.8. The van der Waals surface area contributed by atoms with Crippen LogP contribution in [0.2, 0.25) is 0 Å². The molecule has 0 unspecified atom stereocenters. The zero-order valence-electron chi connectivity index (χ0n) is 6.05. The van der Waals surface area contributed by atoms with E-state index in [1.807, 2.05) is 0 Å². The third kappa shape index (κ3) is 1.90. The predicted molar refractivity (Wildman–Crippen MR) is 35.7 cm³/mol. The van der Waals surface area contributed by atoms with Crippen molar-refractivity contribution in [1.82, 2.24) is 0 Å². The van der Waals surface area contributed by atoms with Crippen LogP contribution in [0.3, 0.4) is 0 Å². The summed E-state index contributed by atoms with van der Waals surface area (Å²) in [6.45, 7) is 6.17. The maximum absolute atomic E-state index is 10.8. The Balaban J connectivity index is 4.22. The van der Waals surface area contributed by atoms with Crippen molar-refractivity contribution < 1.29 is 9.53 Å². The van der Waals surface area contributed by atoms with Crippen molar-refractivity contribution in [3.8, 4) is 6.07 Å². The second-order valence-corrected chi connectivity index (χ2v) is 2.31. The van der Waals surface area contributed by atoms with Gasteiger partial charge in [-0.1, -0.05) is 6.58 Å². The lowest BCUT2D eigenvalue weighted by Gasteiger charge is -2.10. The number of rotatable bonds is 2. The van der Waals surface area contributed by atoms with Crippen molar-refractivity contribution in [3.05, 3.63) is 12.8 Å². The molecule has 0 saturated heterocycles. The van der Waals surface area contributed by atoms with Gasteiger partial charge < -0.3 is 4.74 Å². The zero-order valence-corrected chi connectivity index (χ0v) is 6.05. The first-order chi connectivity index (χ1) is 4.54. The molecule has 0 amide bonds. The van der Waals surface area contributed by atoms with Gasteiger partial charge in [0.1, 0.15) is 5.41 Å². The number of hydrogen-bond donors (Lipinski definition) is 0. The van der Waals surface area contributed by atoms with E-state index in [-0.39, 0.29) is 0 Å². The smallest absolute Gasteiger partial charge is 0.330 e. The first kappa shape index (κ1) is 8.70. The van der Waals surface area contributed by atoms with Gasteiger partial charge >= 0.3 is 5.97 Å². The van der Waals surface area contributed by atoms with E-state index in [1.54, 1.807) is 6.07 Å². The Morgan fingerprint density at radius 1 is 1.80 bits per heavy atom. The molecule has 0 rings (SSSR count). The van der Waals surface area contributed by atoms with Crippen LogP contribution in [-0.2, 0) is 9.53 Å². The van der Waals surface area contributed by atoms with Crippen LogP contribution in [0.25, 0.3) is 0 Å². The molecule has 3 heteroatoms. The van der Waals surface area contributed by atoms with E-state index in [4.69, 9.17) is 5.26 Å². The third-order valence-electron chi connectivity index (χ3n) is 0.980. The highest BCUT2D eigenvalue weighted by Gasteiger charge is 2.28. The minimum absolute atomic E-state index is 0.579. The van der Waals surface area contributed by atoms with Crippen molar-refractivity contribution in [2.24, 2.45) is 5.41 Å². The van der Waals surface area contributed by atoms with Crippen LogP contribution in [0.15, 0.2) is 12.8 Å². The number of carbonyl (C=O) groups is 1. The summed E-state index contributed by atoms with van der Waals surface area (Å²) in [5.74, 6) is -0.579. The Morgan fingerprint density at radius 2 is 2.30 bits per heavy atom. The van der Waals surface area contributed by atoms with Crippen LogP contribution >= 0.6 is 0 Å².